The third-order valence-electron chi connectivity index (χ3n) is 5.51. The number of nitrogens with zero attached hydrogens (tertiary/aromatic N) is 4. The molecule has 33 heavy (non-hydrogen) atoms. The zero-order valence-corrected chi connectivity index (χ0v) is 17.8. The third kappa shape index (κ3) is 4.10. The van der Waals surface area contributed by atoms with Gasteiger partial charge in [0.2, 0.25) is 11.8 Å². The van der Waals surface area contributed by atoms with Gasteiger partial charge in [-0.2, -0.15) is 0 Å². The van der Waals surface area contributed by atoms with Gasteiger partial charge in [0, 0.05) is 24.1 Å². The van der Waals surface area contributed by atoms with Crippen LogP contribution in [-0.4, -0.2) is 37.9 Å². The second-order valence-corrected chi connectivity index (χ2v) is 7.79. The molecule has 0 bridgehead atoms. The van der Waals surface area contributed by atoms with Crippen LogP contribution in [0.15, 0.2) is 54.4 Å². The average Bonchev–Trinajstić information content (AvgIpc) is 3.19. The van der Waals surface area contributed by atoms with Gasteiger partial charge in [0.05, 0.1) is 28.8 Å². The van der Waals surface area contributed by atoms with Crippen molar-refractivity contribution in [3.05, 3.63) is 82.6 Å². The lowest BCUT2D eigenvalue weighted by molar-refractivity contribution is -0.133. The van der Waals surface area contributed by atoms with E-state index in [0.717, 1.165) is 0 Å². The Bertz CT molecular complexity index is 1310. The van der Waals surface area contributed by atoms with Crippen LogP contribution in [0.1, 0.15) is 39.5 Å². The van der Waals surface area contributed by atoms with Gasteiger partial charge in [-0.15, -0.1) is 5.10 Å². The highest BCUT2D eigenvalue weighted by atomic mass is 19.1. The van der Waals surface area contributed by atoms with Crippen LogP contribution in [0.4, 0.5) is 10.1 Å². The highest BCUT2D eigenvalue weighted by molar-refractivity contribution is 6.04. The first kappa shape index (κ1) is 21.9. The number of carbonyl (C=O) groups is 3. The number of amides is 2. The molecule has 0 saturated heterocycles. The van der Waals surface area contributed by atoms with E-state index in [9.17, 15) is 23.9 Å². The summed E-state index contributed by atoms with van der Waals surface area (Å²) in [7, 11) is 0. The van der Waals surface area contributed by atoms with Gasteiger partial charge in [0.1, 0.15) is 5.82 Å². The summed E-state index contributed by atoms with van der Waals surface area (Å²) in [6.45, 7) is 3.39. The number of aromatic nitrogens is 3. The lowest BCUT2D eigenvalue weighted by atomic mass is 9.85. The maximum atomic E-state index is 13.4. The van der Waals surface area contributed by atoms with E-state index in [4.69, 9.17) is 5.73 Å². The summed E-state index contributed by atoms with van der Waals surface area (Å²) in [5, 5.41) is 17.8. The van der Waals surface area contributed by atoms with Gasteiger partial charge in [0.15, 0.2) is 0 Å². The molecule has 1 aromatic heterocycles. The number of carbonyl (C=O) groups excluding carboxylic acids is 2. The van der Waals surface area contributed by atoms with Crippen molar-refractivity contribution < 1.29 is 23.9 Å². The van der Waals surface area contributed by atoms with Gasteiger partial charge in [0.25, 0.3) is 0 Å². The number of primary amides is 1. The van der Waals surface area contributed by atoms with Crippen molar-refractivity contribution in [3.8, 4) is 5.69 Å². The molecular weight excluding hydrogens is 429 g/mol. The number of hydrogen-bond donors (Lipinski definition) is 2. The Morgan fingerprint density at radius 2 is 1.85 bits per heavy atom. The number of carboxylic acids is 1. The second-order valence-electron chi connectivity index (χ2n) is 7.79. The van der Waals surface area contributed by atoms with Crippen molar-refractivity contribution in [2.24, 2.45) is 5.73 Å². The number of aryl methyl sites for hydroxylation is 2. The van der Waals surface area contributed by atoms with E-state index in [1.54, 1.807) is 26.1 Å². The highest BCUT2D eigenvalue weighted by Crippen LogP contribution is 2.37. The largest absolute Gasteiger partial charge is 0.478 e. The summed E-state index contributed by atoms with van der Waals surface area (Å²) < 4.78 is 14.7. The Hall–Kier alpha value is -4.34. The molecule has 0 unspecified atom stereocenters. The predicted molar refractivity (Wildman–Crippen MR) is 116 cm³/mol. The van der Waals surface area contributed by atoms with Gasteiger partial charge in [-0.05, 0) is 49.2 Å². The molecule has 3 aromatic rings. The van der Waals surface area contributed by atoms with E-state index in [1.807, 2.05) is 0 Å². The van der Waals surface area contributed by atoms with Gasteiger partial charge < -0.3 is 10.8 Å². The molecule has 0 spiro atoms. The third-order valence-corrected chi connectivity index (χ3v) is 5.51. The number of aliphatic carboxylic acids is 1. The van der Waals surface area contributed by atoms with Crippen LogP contribution in [-0.2, 0) is 9.59 Å². The molecule has 0 aliphatic carbocycles. The zero-order chi connectivity index (χ0) is 23.9. The quantitative estimate of drug-likeness (QED) is 0.616. The van der Waals surface area contributed by atoms with Gasteiger partial charge in [-0.3, -0.25) is 14.5 Å². The standard InChI is InChI=1S/C23H20FN5O4/c1-12-7-19(20(8-16(12)22(25)31)29-10-13(2)26-27-29)28-11-18(23(32)33)17(9-21(28)30)14-3-5-15(24)6-4-14/h3-8,10-11,17H,9H2,1-2H3,(H2,25,31)(H,32,33)/t17-/m0/s1. The number of nitrogens with two attached hydrogens (primary N) is 1. The van der Waals surface area contributed by atoms with Crippen molar-refractivity contribution >= 4 is 23.5 Å². The second kappa shape index (κ2) is 8.30. The molecule has 1 aliphatic rings. The molecule has 3 N–H and O–H groups in total. The Balaban J connectivity index is 1.88. The minimum absolute atomic E-state index is 0.0291. The molecule has 9 nitrogen and oxygen atoms in total. The number of halogens is 1. The molecule has 2 aromatic carbocycles. The van der Waals surface area contributed by atoms with E-state index in [1.165, 1.54) is 46.1 Å². The summed E-state index contributed by atoms with van der Waals surface area (Å²) in [4.78, 5) is 38.4. The Labute approximate surface area is 187 Å². The smallest absolute Gasteiger partial charge is 0.333 e. The first-order valence-electron chi connectivity index (χ1n) is 10.0. The van der Waals surface area contributed by atoms with Gasteiger partial charge in [-0.25, -0.2) is 13.9 Å². The first-order chi connectivity index (χ1) is 15.7. The molecule has 10 heteroatoms. The number of benzene rings is 2. The van der Waals surface area contributed by atoms with Crippen molar-refractivity contribution in [1.29, 1.82) is 0 Å². The fraction of sp³-hybridized carbons (Fsp3) is 0.174. The Morgan fingerprint density at radius 1 is 1.15 bits per heavy atom. The topological polar surface area (TPSA) is 131 Å². The van der Waals surface area contributed by atoms with Crippen LogP contribution in [0.5, 0.6) is 0 Å². The minimum atomic E-state index is -1.20. The molecule has 1 atom stereocenters. The highest BCUT2D eigenvalue weighted by Gasteiger charge is 2.34. The molecule has 0 radical (unpaired) electrons. The molecule has 0 fully saturated rings. The summed E-state index contributed by atoms with van der Waals surface area (Å²) >= 11 is 0. The van der Waals surface area contributed by atoms with E-state index in [2.05, 4.69) is 10.3 Å². The lowest BCUT2D eigenvalue weighted by Gasteiger charge is -2.31. The van der Waals surface area contributed by atoms with Crippen LogP contribution < -0.4 is 10.6 Å². The lowest BCUT2D eigenvalue weighted by Crippen LogP contribution is -2.35. The summed E-state index contributed by atoms with van der Waals surface area (Å²) in [6, 6.07) is 8.46. The van der Waals surface area contributed by atoms with Crippen LogP contribution in [0.3, 0.4) is 0 Å². The molecule has 168 valence electrons. The maximum absolute atomic E-state index is 13.4. The van der Waals surface area contributed by atoms with Crippen LogP contribution in [0.25, 0.3) is 5.69 Å². The normalized spacial score (nSPS) is 16.0. The van der Waals surface area contributed by atoms with Crippen molar-refractivity contribution in [3.63, 3.8) is 0 Å². The number of hydrogen-bond acceptors (Lipinski definition) is 5. The van der Waals surface area contributed by atoms with Crippen molar-refractivity contribution in [1.82, 2.24) is 15.0 Å². The zero-order valence-electron chi connectivity index (χ0n) is 17.8. The SMILES string of the molecule is Cc1cn(-c2cc(C(N)=O)c(C)cc2N2C=C(C(=O)O)[C@H](c3ccc(F)cc3)CC2=O)nn1. The fourth-order valence-electron chi connectivity index (χ4n) is 3.87. The molecule has 0 saturated carbocycles. The molecule has 1 aliphatic heterocycles. The summed E-state index contributed by atoms with van der Waals surface area (Å²) in [6.07, 6.45) is 2.72. The van der Waals surface area contributed by atoms with E-state index in [-0.39, 0.29) is 23.5 Å². The van der Waals surface area contributed by atoms with Gasteiger partial charge >= 0.3 is 5.97 Å². The summed E-state index contributed by atoms with van der Waals surface area (Å²) in [5.41, 5.74) is 7.99. The fourth-order valence-corrected chi connectivity index (χ4v) is 3.87. The van der Waals surface area contributed by atoms with E-state index < -0.39 is 23.6 Å². The van der Waals surface area contributed by atoms with Crippen LogP contribution in [0.2, 0.25) is 0 Å². The van der Waals surface area contributed by atoms with Crippen LogP contribution >= 0.6 is 0 Å². The van der Waals surface area contributed by atoms with Crippen molar-refractivity contribution in [2.45, 2.75) is 26.2 Å². The first-order valence-corrected chi connectivity index (χ1v) is 10.0. The minimum Gasteiger partial charge on any atom is -0.478 e. The monoisotopic (exact) mass is 449 g/mol. The molecule has 4 rings (SSSR count). The molecule has 2 amide bonds. The molecular formula is C23H20FN5O4. The van der Waals surface area contributed by atoms with Crippen molar-refractivity contribution in [2.75, 3.05) is 4.90 Å². The summed E-state index contributed by atoms with van der Waals surface area (Å²) in [5.74, 6) is -3.43. The molecule has 2 heterocycles. The predicted octanol–water partition coefficient (Wildman–Crippen LogP) is 2.61. The van der Waals surface area contributed by atoms with E-state index >= 15 is 0 Å². The van der Waals surface area contributed by atoms with Gasteiger partial charge in [-0.1, -0.05) is 17.3 Å². The number of rotatable bonds is 5. The number of anilines is 1. The Morgan fingerprint density at radius 3 is 2.42 bits per heavy atom. The maximum Gasteiger partial charge on any atom is 0.333 e. The number of carboxylic acid groups (broad SMARTS) is 1. The van der Waals surface area contributed by atoms with E-state index in [0.29, 0.717) is 28.2 Å². The average molecular weight is 449 g/mol. The van der Waals surface area contributed by atoms with Crippen LogP contribution in [0, 0.1) is 19.7 Å². The Kier molecular flexibility index (Phi) is 5.50.